The van der Waals surface area contributed by atoms with Crippen LogP contribution in [0.5, 0.6) is 17.2 Å². The van der Waals surface area contributed by atoms with Gasteiger partial charge in [-0.3, -0.25) is 4.79 Å². The third-order valence-corrected chi connectivity index (χ3v) is 4.74. The van der Waals surface area contributed by atoms with E-state index in [9.17, 15) is 4.79 Å². The fourth-order valence-electron chi connectivity index (χ4n) is 3.53. The maximum Gasteiger partial charge on any atom is 0.253 e. The highest BCUT2D eigenvalue weighted by atomic mass is 16.5. The lowest BCUT2D eigenvalue weighted by Crippen LogP contribution is -2.34. The Morgan fingerprint density at radius 1 is 1.12 bits per heavy atom. The molecule has 0 aliphatic carbocycles. The van der Waals surface area contributed by atoms with Gasteiger partial charge >= 0.3 is 0 Å². The molecule has 26 heavy (non-hydrogen) atoms. The van der Waals surface area contributed by atoms with E-state index >= 15 is 0 Å². The van der Waals surface area contributed by atoms with Crippen LogP contribution in [0.1, 0.15) is 23.0 Å². The SMILES string of the molecule is COc1cc2[nH]c(=O)c([C@@H]3NCCc4[nH]cnc43)cc2c(OC)c1OC. The lowest BCUT2D eigenvalue weighted by Gasteiger charge is -2.23. The number of methoxy groups -OCH3 is 3. The third-order valence-electron chi connectivity index (χ3n) is 4.74. The molecule has 0 spiro atoms. The summed E-state index contributed by atoms with van der Waals surface area (Å²) in [5.74, 6) is 1.49. The molecule has 0 saturated heterocycles. The van der Waals surface area contributed by atoms with Gasteiger partial charge < -0.3 is 29.5 Å². The van der Waals surface area contributed by atoms with Gasteiger partial charge in [0.25, 0.3) is 5.56 Å². The number of rotatable bonds is 4. The molecule has 0 fully saturated rings. The number of nitrogens with one attached hydrogen (secondary N) is 3. The van der Waals surface area contributed by atoms with Crippen molar-refractivity contribution < 1.29 is 14.2 Å². The predicted octanol–water partition coefficient (Wildman–Crippen LogP) is 1.51. The summed E-state index contributed by atoms with van der Waals surface area (Å²) in [6.45, 7) is 0.764. The predicted molar refractivity (Wildman–Crippen MR) is 96.4 cm³/mol. The average Bonchev–Trinajstić information content (AvgIpc) is 3.14. The zero-order valence-corrected chi connectivity index (χ0v) is 14.8. The van der Waals surface area contributed by atoms with Crippen molar-refractivity contribution in [2.24, 2.45) is 0 Å². The van der Waals surface area contributed by atoms with Crippen LogP contribution in [0.3, 0.4) is 0 Å². The number of benzene rings is 1. The Morgan fingerprint density at radius 3 is 2.65 bits per heavy atom. The van der Waals surface area contributed by atoms with Crippen LogP contribution in [0, 0.1) is 0 Å². The summed E-state index contributed by atoms with van der Waals surface area (Å²) < 4.78 is 16.4. The van der Waals surface area contributed by atoms with Gasteiger partial charge in [-0.2, -0.15) is 0 Å². The molecule has 1 aliphatic rings. The van der Waals surface area contributed by atoms with Crippen molar-refractivity contribution in [3.63, 3.8) is 0 Å². The van der Waals surface area contributed by atoms with Crippen molar-refractivity contribution in [1.82, 2.24) is 20.3 Å². The largest absolute Gasteiger partial charge is 0.493 e. The van der Waals surface area contributed by atoms with Crippen LogP contribution in [0.4, 0.5) is 0 Å². The lowest BCUT2D eigenvalue weighted by molar-refractivity contribution is 0.327. The highest BCUT2D eigenvalue weighted by Crippen LogP contribution is 2.43. The highest BCUT2D eigenvalue weighted by Gasteiger charge is 2.27. The molecule has 8 nitrogen and oxygen atoms in total. The van der Waals surface area contributed by atoms with E-state index in [1.807, 2.05) is 6.07 Å². The lowest BCUT2D eigenvalue weighted by atomic mass is 9.97. The molecular formula is C18H20N4O4. The molecule has 136 valence electrons. The van der Waals surface area contributed by atoms with Crippen molar-refractivity contribution >= 4 is 10.9 Å². The molecule has 0 amide bonds. The first kappa shape index (κ1) is 16.5. The van der Waals surface area contributed by atoms with Gasteiger partial charge in [-0.25, -0.2) is 4.98 Å². The Hall–Kier alpha value is -3.00. The third kappa shape index (κ3) is 2.41. The minimum Gasteiger partial charge on any atom is -0.493 e. The van der Waals surface area contributed by atoms with E-state index < -0.39 is 0 Å². The van der Waals surface area contributed by atoms with E-state index in [4.69, 9.17) is 14.2 Å². The second kappa shape index (κ2) is 6.38. The van der Waals surface area contributed by atoms with Gasteiger partial charge in [-0.1, -0.05) is 0 Å². The van der Waals surface area contributed by atoms with Crippen molar-refractivity contribution in [3.8, 4) is 17.2 Å². The summed E-state index contributed by atoms with van der Waals surface area (Å²) in [7, 11) is 4.66. The number of fused-ring (bicyclic) bond motifs is 2. The average molecular weight is 356 g/mol. The standard InChI is InChI=1S/C18H20N4O4/c1-24-13-7-12-9(16(25-2)17(13)26-3)6-10(18(23)22-12)14-15-11(4-5-19-14)20-8-21-15/h6-8,14,19H,4-5H2,1-3H3,(H,20,21)(H,22,23)/t14-/m0/s1. The topological polar surface area (TPSA) is 101 Å². The summed E-state index contributed by atoms with van der Waals surface area (Å²) in [6, 6.07) is 3.28. The molecule has 0 radical (unpaired) electrons. The molecule has 1 aliphatic heterocycles. The zero-order chi connectivity index (χ0) is 18.3. The molecule has 3 aromatic rings. The van der Waals surface area contributed by atoms with Gasteiger partial charge in [0, 0.05) is 35.7 Å². The number of H-pyrrole nitrogens is 2. The summed E-state index contributed by atoms with van der Waals surface area (Å²) in [4.78, 5) is 23.2. The quantitative estimate of drug-likeness (QED) is 0.655. The van der Waals surface area contributed by atoms with E-state index in [-0.39, 0.29) is 11.6 Å². The fourth-order valence-corrected chi connectivity index (χ4v) is 3.53. The first-order valence-electron chi connectivity index (χ1n) is 8.29. The zero-order valence-electron chi connectivity index (χ0n) is 14.8. The van der Waals surface area contributed by atoms with Crippen LogP contribution < -0.4 is 25.1 Å². The fraction of sp³-hybridized carbons (Fsp3) is 0.333. The molecule has 0 bridgehead atoms. The second-order valence-electron chi connectivity index (χ2n) is 6.06. The van der Waals surface area contributed by atoms with Crippen LogP contribution in [0.25, 0.3) is 10.9 Å². The Morgan fingerprint density at radius 2 is 1.92 bits per heavy atom. The molecule has 2 aromatic heterocycles. The van der Waals surface area contributed by atoms with Gasteiger partial charge in [0.05, 0.1) is 44.9 Å². The Bertz CT molecular complexity index is 1020. The number of pyridine rings is 1. The maximum atomic E-state index is 12.8. The Balaban J connectivity index is 1.96. The highest BCUT2D eigenvalue weighted by molar-refractivity contribution is 5.91. The van der Waals surface area contributed by atoms with Crippen LogP contribution >= 0.6 is 0 Å². The smallest absolute Gasteiger partial charge is 0.253 e. The Kier molecular flexibility index (Phi) is 4.04. The second-order valence-corrected chi connectivity index (χ2v) is 6.06. The van der Waals surface area contributed by atoms with Crippen molar-refractivity contribution in [3.05, 3.63) is 45.8 Å². The number of nitrogens with zero attached hydrogens (tertiary/aromatic N) is 1. The summed E-state index contributed by atoms with van der Waals surface area (Å²) in [6.07, 6.45) is 2.51. The molecule has 3 N–H and O–H groups in total. The van der Waals surface area contributed by atoms with Gasteiger partial charge in [0.15, 0.2) is 11.5 Å². The molecular weight excluding hydrogens is 336 g/mol. The van der Waals surface area contributed by atoms with Gasteiger partial charge in [-0.15, -0.1) is 0 Å². The van der Waals surface area contributed by atoms with Gasteiger partial charge in [-0.05, 0) is 6.07 Å². The van der Waals surface area contributed by atoms with E-state index in [2.05, 4.69) is 20.3 Å². The Labute approximate surface area is 149 Å². The molecule has 3 heterocycles. The normalized spacial score (nSPS) is 16.3. The van der Waals surface area contributed by atoms with E-state index in [0.717, 1.165) is 29.7 Å². The number of imidazole rings is 1. The minimum atomic E-state index is -0.282. The molecule has 0 unspecified atom stereocenters. The molecule has 4 rings (SSSR count). The number of hydrogen-bond acceptors (Lipinski definition) is 6. The molecule has 8 heteroatoms. The van der Waals surface area contributed by atoms with Crippen LogP contribution in [-0.2, 0) is 6.42 Å². The number of ether oxygens (including phenoxy) is 3. The summed E-state index contributed by atoms with van der Waals surface area (Å²) in [5.41, 5.74) is 2.91. The van der Waals surface area contributed by atoms with E-state index in [1.165, 1.54) is 0 Å². The number of hydrogen-bond donors (Lipinski definition) is 3. The van der Waals surface area contributed by atoms with Crippen LogP contribution in [0.15, 0.2) is 23.3 Å². The monoisotopic (exact) mass is 356 g/mol. The first-order chi connectivity index (χ1) is 12.7. The molecule has 1 aromatic carbocycles. The van der Waals surface area contributed by atoms with E-state index in [1.54, 1.807) is 33.7 Å². The minimum absolute atomic E-state index is 0.180. The summed E-state index contributed by atoms with van der Waals surface area (Å²) >= 11 is 0. The van der Waals surface area contributed by atoms with Crippen molar-refractivity contribution in [1.29, 1.82) is 0 Å². The van der Waals surface area contributed by atoms with Crippen molar-refractivity contribution in [2.45, 2.75) is 12.5 Å². The van der Waals surface area contributed by atoms with Gasteiger partial charge in [0.1, 0.15) is 0 Å². The van der Waals surface area contributed by atoms with Crippen LogP contribution in [-0.4, -0.2) is 42.8 Å². The summed E-state index contributed by atoms with van der Waals surface area (Å²) in [5, 5.41) is 4.11. The first-order valence-corrected chi connectivity index (χ1v) is 8.29. The number of aromatic amines is 2. The molecule has 1 atom stereocenters. The van der Waals surface area contributed by atoms with Crippen LogP contribution in [0.2, 0.25) is 0 Å². The van der Waals surface area contributed by atoms with E-state index in [0.29, 0.717) is 28.3 Å². The molecule has 0 saturated carbocycles. The van der Waals surface area contributed by atoms with Gasteiger partial charge in [0.2, 0.25) is 5.75 Å². The van der Waals surface area contributed by atoms with Crippen molar-refractivity contribution in [2.75, 3.05) is 27.9 Å². The maximum absolute atomic E-state index is 12.8. The number of aromatic nitrogens is 3.